The summed E-state index contributed by atoms with van der Waals surface area (Å²) in [7, 11) is -1.30. The molecule has 130 valence electrons. The van der Waals surface area contributed by atoms with Gasteiger partial charge in [-0.25, -0.2) is 0 Å². The van der Waals surface area contributed by atoms with Crippen molar-refractivity contribution in [2.24, 2.45) is 5.73 Å². The van der Waals surface area contributed by atoms with E-state index in [0.717, 1.165) is 32.1 Å². The van der Waals surface area contributed by atoms with Crippen molar-refractivity contribution in [1.29, 1.82) is 0 Å². The average molecular weight is 328 g/mol. The number of aliphatic carboxylic acids is 1. The third kappa shape index (κ3) is 5.76. The molecule has 0 bridgehead atoms. The normalized spacial score (nSPS) is 28.0. The van der Waals surface area contributed by atoms with E-state index in [-0.39, 0.29) is 32.0 Å². The predicted molar refractivity (Wildman–Crippen MR) is 82.5 cm³/mol. The Morgan fingerprint density at radius 2 is 1.96 bits per heavy atom. The van der Waals surface area contributed by atoms with Crippen LogP contribution < -0.4 is 11.1 Å². The fourth-order valence-corrected chi connectivity index (χ4v) is 3.17. The fourth-order valence-electron chi connectivity index (χ4n) is 3.17. The fraction of sp³-hybridized carbons (Fsp3) is 0.857. The number of carbonyl (C=O) groups excluding carboxylic acids is 1. The van der Waals surface area contributed by atoms with Crippen molar-refractivity contribution >= 4 is 19.0 Å². The molecule has 1 aliphatic carbocycles. The lowest BCUT2D eigenvalue weighted by atomic mass is 9.77. The molecule has 1 amide bonds. The van der Waals surface area contributed by atoms with E-state index in [9.17, 15) is 14.6 Å². The molecule has 0 radical (unpaired) electrons. The SMILES string of the molecule is NC1(CC(=O)NC2COCC(CC(=O)O)OB2O)CCCCC1. The maximum absolute atomic E-state index is 12.2. The van der Waals surface area contributed by atoms with E-state index in [1.165, 1.54) is 0 Å². The number of hydrogen-bond donors (Lipinski definition) is 4. The number of nitrogens with one attached hydrogen (secondary N) is 1. The van der Waals surface area contributed by atoms with E-state index in [4.69, 9.17) is 20.2 Å². The monoisotopic (exact) mass is 328 g/mol. The van der Waals surface area contributed by atoms with Crippen LogP contribution in [0.25, 0.3) is 0 Å². The Bertz CT molecular complexity index is 429. The number of amides is 1. The number of carboxylic acid groups (broad SMARTS) is 1. The third-order valence-corrected chi connectivity index (χ3v) is 4.39. The maximum Gasteiger partial charge on any atom is 0.480 e. The molecule has 1 heterocycles. The van der Waals surface area contributed by atoms with Crippen LogP contribution >= 0.6 is 0 Å². The standard InChI is InChI=1S/C14H25BN2O6/c16-14(4-2-1-3-5-14)7-12(18)17-11-9-22-8-10(6-13(19)20)23-15(11)21/h10-11,21H,1-9,16H2,(H,17,18)(H,19,20). The molecule has 2 aliphatic rings. The minimum Gasteiger partial charge on any atom is -0.481 e. The van der Waals surface area contributed by atoms with Gasteiger partial charge in [-0.1, -0.05) is 19.3 Å². The van der Waals surface area contributed by atoms with Crippen LogP contribution in [0.15, 0.2) is 0 Å². The van der Waals surface area contributed by atoms with Gasteiger partial charge in [0.2, 0.25) is 5.91 Å². The summed E-state index contributed by atoms with van der Waals surface area (Å²) in [5.74, 6) is -2.01. The van der Waals surface area contributed by atoms with Crippen LogP contribution in [-0.4, -0.2) is 59.9 Å². The Kier molecular flexibility index (Phi) is 6.40. The average Bonchev–Trinajstić information content (AvgIpc) is 2.60. The Hall–Kier alpha value is -1.16. The molecule has 8 nitrogen and oxygen atoms in total. The minimum atomic E-state index is -1.30. The van der Waals surface area contributed by atoms with E-state index in [1.807, 2.05) is 0 Å². The zero-order chi connectivity index (χ0) is 16.9. The molecule has 1 saturated heterocycles. The van der Waals surface area contributed by atoms with Crippen LogP contribution in [0.2, 0.25) is 0 Å². The van der Waals surface area contributed by atoms with Crippen LogP contribution in [-0.2, 0) is 19.0 Å². The summed E-state index contributed by atoms with van der Waals surface area (Å²) in [5, 5.41) is 21.5. The van der Waals surface area contributed by atoms with Gasteiger partial charge in [-0.3, -0.25) is 9.59 Å². The molecule has 23 heavy (non-hydrogen) atoms. The molecular formula is C14H25BN2O6. The summed E-state index contributed by atoms with van der Waals surface area (Å²) in [6.07, 6.45) is 4.05. The molecule has 0 spiro atoms. The number of hydrogen-bond acceptors (Lipinski definition) is 6. The second-order valence-electron chi connectivity index (χ2n) is 6.56. The van der Waals surface area contributed by atoms with Gasteiger partial charge in [0.25, 0.3) is 0 Å². The second-order valence-corrected chi connectivity index (χ2v) is 6.56. The van der Waals surface area contributed by atoms with Crippen molar-refractivity contribution in [3.63, 3.8) is 0 Å². The molecule has 2 atom stereocenters. The van der Waals surface area contributed by atoms with E-state index >= 15 is 0 Å². The van der Waals surface area contributed by atoms with E-state index < -0.39 is 30.7 Å². The highest BCUT2D eigenvalue weighted by atomic mass is 16.6. The van der Waals surface area contributed by atoms with Crippen LogP contribution in [0.5, 0.6) is 0 Å². The van der Waals surface area contributed by atoms with Gasteiger partial charge in [0.05, 0.1) is 31.7 Å². The van der Waals surface area contributed by atoms with E-state index in [2.05, 4.69) is 5.32 Å². The Morgan fingerprint density at radius 3 is 2.61 bits per heavy atom. The maximum atomic E-state index is 12.2. The van der Waals surface area contributed by atoms with Gasteiger partial charge in [0.1, 0.15) is 0 Å². The van der Waals surface area contributed by atoms with Crippen molar-refractivity contribution in [2.45, 2.75) is 62.5 Å². The second kappa shape index (κ2) is 8.10. The molecule has 1 aliphatic heterocycles. The van der Waals surface area contributed by atoms with Gasteiger partial charge in [0, 0.05) is 12.0 Å². The molecule has 0 aromatic heterocycles. The highest BCUT2D eigenvalue weighted by Crippen LogP contribution is 2.28. The Balaban J connectivity index is 1.84. The number of ether oxygens (including phenoxy) is 1. The lowest BCUT2D eigenvalue weighted by Gasteiger charge is -2.33. The quantitative estimate of drug-likeness (QED) is 0.497. The largest absolute Gasteiger partial charge is 0.481 e. The van der Waals surface area contributed by atoms with Crippen LogP contribution in [0.1, 0.15) is 44.9 Å². The van der Waals surface area contributed by atoms with E-state index in [1.54, 1.807) is 0 Å². The molecule has 2 rings (SSSR count). The first kappa shape index (κ1) is 18.2. The first-order chi connectivity index (χ1) is 10.9. The molecule has 9 heteroatoms. The van der Waals surface area contributed by atoms with Crippen LogP contribution in [0, 0.1) is 0 Å². The highest BCUT2D eigenvalue weighted by molar-refractivity contribution is 6.45. The first-order valence-corrected chi connectivity index (χ1v) is 8.09. The van der Waals surface area contributed by atoms with Crippen molar-refractivity contribution in [3.05, 3.63) is 0 Å². The zero-order valence-electron chi connectivity index (χ0n) is 13.2. The number of carbonyl (C=O) groups is 2. The van der Waals surface area contributed by atoms with Crippen molar-refractivity contribution < 1.29 is 29.1 Å². The third-order valence-electron chi connectivity index (χ3n) is 4.39. The molecular weight excluding hydrogens is 303 g/mol. The Morgan fingerprint density at radius 1 is 1.26 bits per heavy atom. The molecule has 2 fully saturated rings. The van der Waals surface area contributed by atoms with Crippen LogP contribution in [0.3, 0.4) is 0 Å². The van der Waals surface area contributed by atoms with Gasteiger partial charge < -0.3 is 30.6 Å². The molecule has 5 N–H and O–H groups in total. The smallest absolute Gasteiger partial charge is 0.480 e. The summed E-state index contributed by atoms with van der Waals surface area (Å²) in [6.45, 7) is 0.136. The van der Waals surface area contributed by atoms with E-state index in [0.29, 0.717) is 0 Å². The minimum absolute atomic E-state index is 0.0660. The molecule has 0 aromatic rings. The Labute approximate surface area is 135 Å². The topological polar surface area (TPSA) is 131 Å². The number of nitrogens with two attached hydrogens (primary N) is 1. The lowest BCUT2D eigenvalue weighted by molar-refractivity contribution is -0.139. The van der Waals surface area contributed by atoms with Gasteiger partial charge in [-0.05, 0) is 12.8 Å². The summed E-state index contributed by atoms with van der Waals surface area (Å²) in [4.78, 5) is 22.9. The highest BCUT2D eigenvalue weighted by Gasteiger charge is 2.37. The van der Waals surface area contributed by atoms with Gasteiger partial charge in [-0.15, -0.1) is 0 Å². The summed E-state index contributed by atoms with van der Waals surface area (Å²) < 4.78 is 10.6. The van der Waals surface area contributed by atoms with Gasteiger partial charge in [0.15, 0.2) is 0 Å². The van der Waals surface area contributed by atoms with Crippen LogP contribution in [0.4, 0.5) is 0 Å². The predicted octanol–water partition coefficient (Wildman–Crippen LogP) is -0.567. The van der Waals surface area contributed by atoms with Crippen molar-refractivity contribution in [3.8, 4) is 0 Å². The zero-order valence-corrected chi connectivity index (χ0v) is 13.2. The van der Waals surface area contributed by atoms with Crippen molar-refractivity contribution in [1.82, 2.24) is 5.32 Å². The summed E-state index contributed by atoms with van der Waals surface area (Å²) >= 11 is 0. The van der Waals surface area contributed by atoms with Gasteiger partial charge in [-0.2, -0.15) is 0 Å². The molecule has 2 unspecified atom stereocenters. The lowest BCUT2D eigenvalue weighted by Crippen LogP contribution is -2.53. The molecule has 1 saturated carbocycles. The summed E-state index contributed by atoms with van der Waals surface area (Å²) in [5.41, 5.74) is 5.78. The first-order valence-electron chi connectivity index (χ1n) is 8.09. The summed E-state index contributed by atoms with van der Waals surface area (Å²) in [6, 6.07) is 0. The van der Waals surface area contributed by atoms with Crippen molar-refractivity contribution in [2.75, 3.05) is 13.2 Å². The van der Waals surface area contributed by atoms with Gasteiger partial charge >= 0.3 is 13.1 Å². The number of rotatable bonds is 5. The molecule has 0 aromatic carbocycles. The number of carboxylic acids is 1.